The number of hydrogen-bond donors (Lipinski definition) is 2. The maximum Gasteiger partial charge on any atom is 0.223 e. The van der Waals surface area contributed by atoms with Crippen molar-refractivity contribution in [1.82, 2.24) is 5.32 Å². The minimum Gasteiger partial charge on any atom is -0.350 e. The molecule has 3 nitrogen and oxygen atoms in total. The molecule has 0 radical (unpaired) electrons. The van der Waals surface area contributed by atoms with Crippen LogP contribution in [0.4, 0.5) is 0 Å². The average molecular weight is 246 g/mol. The number of carbonyl (C=O) groups is 1. The average Bonchev–Trinajstić information content (AvgIpc) is 2.37. The molecule has 3 heteroatoms. The van der Waals surface area contributed by atoms with Crippen molar-refractivity contribution in [3.63, 3.8) is 0 Å². The largest absolute Gasteiger partial charge is 0.350 e. The highest BCUT2D eigenvalue weighted by Crippen LogP contribution is 2.25. The molecule has 1 aliphatic carbocycles. The molecule has 1 atom stereocenters. The van der Waals surface area contributed by atoms with Crippen LogP contribution < -0.4 is 11.1 Å². The highest BCUT2D eigenvalue weighted by atomic mass is 16.2. The molecule has 1 aromatic carbocycles. The van der Waals surface area contributed by atoms with E-state index in [2.05, 4.69) is 23.5 Å². The summed E-state index contributed by atoms with van der Waals surface area (Å²) in [6, 6.07) is 8.40. The Morgan fingerprint density at radius 3 is 2.72 bits per heavy atom. The predicted octanol–water partition coefficient (Wildman–Crippen LogP) is 1.64. The topological polar surface area (TPSA) is 55.1 Å². The predicted molar refractivity (Wildman–Crippen MR) is 73.2 cm³/mol. The summed E-state index contributed by atoms with van der Waals surface area (Å²) in [4.78, 5) is 12.2. The maximum atomic E-state index is 12.2. The molecule has 0 heterocycles. The van der Waals surface area contributed by atoms with Gasteiger partial charge in [0, 0.05) is 18.0 Å². The Bertz CT molecular complexity index is 440. The molecule has 0 spiro atoms. The van der Waals surface area contributed by atoms with Gasteiger partial charge in [-0.2, -0.15) is 0 Å². The van der Waals surface area contributed by atoms with Crippen molar-refractivity contribution < 1.29 is 4.79 Å². The molecule has 0 saturated carbocycles. The first-order valence-corrected chi connectivity index (χ1v) is 6.61. The van der Waals surface area contributed by atoms with Crippen LogP contribution in [0.3, 0.4) is 0 Å². The van der Waals surface area contributed by atoms with Crippen LogP contribution in [0.2, 0.25) is 0 Å². The number of nitrogens with one attached hydrogen (secondary N) is 1. The van der Waals surface area contributed by atoms with Gasteiger partial charge >= 0.3 is 0 Å². The molecule has 98 valence electrons. The molecular weight excluding hydrogens is 224 g/mol. The zero-order valence-electron chi connectivity index (χ0n) is 11.2. The molecule has 0 bridgehead atoms. The van der Waals surface area contributed by atoms with Gasteiger partial charge < -0.3 is 11.1 Å². The Kier molecular flexibility index (Phi) is 3.71. The van der Waals surface area contributed by atoms with E-state index in [0.29, 0.717) is 6.54 Å². The van der Waals surface area contributed by atoms with Gasteiger partial charge in [0.25, 0.3) is 0 Å². The quantitative estimate of drug-likeness (QED) is 0.852. The lowest BCUT2D eigenvalue weighted by Gasteiger charge is -2.29. The highest BCUT2D eigenvalue weighted by molar-refractivity contribution is 5.80. The van der Waals surface area contributed by atoms with E-state index in [9.17, 15) is 4.79 Å². The first-order chi connectivity index (χ1) is 8.52. The van der Waals surface area contributed by atoms with E-state index in [1.165, 1.54) is 11.1 Å². The van der Waals surface area contributed by atoms with Crippen LogP contribution >= 0.6 is 0 Å². The van der Waals surface area contributed by atoms with Crippen LogP contribution in [0.5, 0.6) is 0 Å². The summed E-state index contributed by atoms with van der Waals surface area (Å²) >= 11 is 0. The third kappa shape index (κ3) is 2.91. The summed E-state index contributed by atoms with van der Waals surface area (Å²) < 4.78 is 0. The Morgan fingerprint density at radius 2 is 2.06 bits per heavy atom. The molecule has 0 fully saturated rings. The standard InChI is InChI=1S/C15H22N2O/c1-15(2,10-16)17-14(18)13-8-7-11-5-3-4-6-12(11)9-13/h3-6,13H,7-10,16H2,1-2H3,(H,17,18). The number of benzene rings is 1. The van der Waals surface area contributed by atoms with E-state index in [-0.39, 0.29) is 17.4 Å². The Labute approximate surface area is 109 Å². The summed E-state index contributed by atoms with van der Waals surface area (Å²) in [7, 11) is 0. The van der Waals surface area contributed by atoms with Gasteiger partial charge in [0.05, 0.1) is 0 Å². The molecule has 0 aromatic heterocycles. The van der Waals surface area contributed by atoms with E-state index in [1.54, 1.807) is 0 Å². The molecule has 1 amide bonds. The SMILES string of the molecule is CC(C)(CN)NC(=O)C1CCc2ccccc2C1. The lowest BCUT2D eigenvalue weighted by atomic mass is 9.83. The second-order valence-corrected chi connectivity index (χ2v) is 5.79. The normalized spacial score (nSPS) is 19.2. The fourth-order valence-corrected chi connectivity index (χ4v) is 2.41. The van der Waals surface area contributed by atoms with E-state index < -0.39 is 0 Å². The van der Waals surface area contributed by atoms with Gasteiger partial charge in [-0.05, 0) is 44.2 Å². The van der Waals surface area contributed by atoms with Gasteiger partial charge in [0.2, 0.25) is 5.91 Å². The van der Waals surface area contributed by atoms with Crippen molar-refractivity contribution in [2.24, 2.45) is 11.7 Å². The Hall–Kier alpha value is -1.35. The number of aryl methyl sites for hydroxylation is 1. The number of hydrogen-bond acceptors (Lipinski definition) is 2. The molecule has 18 heavy (non-hydrogen) atoms. The van der Waals surface area contributed by atoms with Crippen molar-refractivity contribution in [2.75, 3.05) is 6.54 Å². The van der Waals surface area contributed by atoms with Crippen LogP contribution in [0.25, 0.3) is 0 Å². The van der Waals surface area contributed by atoms with Gasteiger partial charge in [-0.1, -0.05) is 24.3 Å². The van der Waals surface area contributed by atoms with Gasteiger partial charge in [0.15, 0.2) is 0 Å². The second-order valence-electron chi connectivity index (χ2n) is 5.79. The van der Waals surface area contributed by atoms with E-state index in [1.807, 2.05) is 19.9 Å². The van der Waals surface area contributed by atoms with E-state index in [4.69, 9.17) is 5.73 Å². The first kappa shape index (κ1) is 13.1. The molecule has 3 N–H and O–H groups in total. The molecule has 1 unspecified atom stereocenters. The van der Waals surface area contributed by atoms with Crippen molar-refractivity contribution in [2.45, 2.75) is 38.6 Å². The summed E-state index contributed by atoms with van der Waals surface area (Å²) in [5, 5.41) is 3.04. The van der Waals surface area contributed by atoms with Crippen LogP contribution in [0, 0.1) is 5.92 Å². The fraction of sp³-hybridized carbons (Fsp3) is 0.533. The first-order valence-electron chi connectivity index (χ1n) is 6.61. The summed E-state index contributed by atoms with van der Waals surface area (Å²) in [6.45, 7) is 4.38. The van der Waals surface area contributed by atoms with Crippen molar-refractivity contribution >= 4 is 5.91 Å². The summed E-state index contributed by atoms with van der Waals surface area (Å²) in [6.07, 6.45) is 2.78. The van der Waals surface area contributed by atoms with Crippen molar-refractivity contribution in [3.05, 3.63) is 35.4 Å². The van der Waals surface area contributed by atoms with Crippen molar-refractivity contribution in [1.29, 1.82) is 0 Å². The monoisotopic (exact) mass is 246 g/mol. The number of fused-ring (bicyclic) bond motifs is 1. The van der Waals surface area contributed by atoms with E-state index in [0.717, 1.165) is 19.3 Å². The maximum absolute atomic E-state index is 12.2. The van der Waals surface area contributed by atoms with Crippen LogP contribution in [0.15, 0.2) is 24.3 Å². The molecule has 0 aliphatic heterocycles. The number of rotatable bonds is 3. The van der Waals surface area contributed by atoms with Crippen LogP contribution in [-0.4, -0.2) is 18.0 Å². The second kappa shape index (κ2) is 5.11. The van der Waals surface area contributed by atoms with Gasteiger partial charge in [-0.25, -0.2) is 0 Å². The lowest BCUT2D eigenvalue weighted by Crippen LogP contribution is -2.51. The lowest BCUT2D eigenvalue weighted by molar-refractivity contribution is -0.126. The fourth-order valence-electron chi connectivity index (χ4n) is 2.41. The third-order valence-corrected chi connectivity index (χ3v) is 3.69. The zero-order valence-corrected chi connectivity index (χ0v) is 11.2. The number of amides is 1. The molecule has 1 aromatic rings. The highest BCUT2D eigenvalue weighted by Gasteiger charge is 2.27. The minimum absolute atomic E-state index is 0.0886. The Morgan fingerprint density at radius 1 is 1.39 bits per heavy atom. The third-order valence-electron chi connectivity index (χ3n) is 3.69. The minimum atomic E-state index is -0.311. The summed E-state index contributed by atoms with van der Waals surface area (Å²) in [5.74, 6) is 0.227. The Balaban J connectivity index is 2.03. The zero-order chi connectivity index (χ0) is 13.2. The van der Waals surface area contributed by atoms with E-state index >= 15 is 0 Å². The number of nitrogens with two attached hydrogens (primary N) is 1. The molecule has 2 rings (SSSR count). The van der Waals surface area contributed by atoms with Gasteiger partial charge in [-0.3, -0.25) is 4.79 Å². The van der Waals surface area contributed by atoms with Crippen LogP contribution in [-0.2, 0) is 17.6 Å². The molecular formula is C15H22N2O. The van der Waals surface area contributed by atoms with Crippen LogP contribution in [0.1, 0.15) is 31.4 Å². The molecule has 0 saturated heterocycles. The number of carbonyl (C=O) groups excluding carboxylic acids is 1. The summed E-state index contributed by atoms with van der Waals surface area (Å²) in [5.41, 5.74) is 8.04. The smallest absolute Gasteiger partial charge is 0.223 e. The van der Waals surface area contributed by atoms with Gasteiger partial charge in [0.1, 0.15) is 0 Å². The van der Waals surface area contributed by atoms with Crippen molar-refractivity contribution in [3.8, 4) is 0 Å². The molecule has 1 aliphatic rings. The van der Waals surface area contributed by atoms with Gasteiger partial charge in [-0.15, -0.1) is 0 Å².